The SMILES string of the molecule is NCCS(=O)(=O)O.Oc1ccccc1.[CaH2]. The minimum absolute atomic E-state index is 0. The van der Waals surface area contributed by atoms with Crippen LogP contribution >= 0.6 is 0 Å². The van der Waals surface area contributed by atoms with Gasteiger partial charge >= 0.3 is 37.7 Å². The van der Waals surface area contributed by atoms with E-state index in [2.05, 4.69) is 0 Å². The van der Waals surface area contributed by atoms with Gasteiger partial charge in [0.2, 0.25) is 0 Å². The Morgan fingerprint density at radius 2 is 1.67 bits per heavy atom. The first-order valence-corrected chi connectivity index (χ1v) is 5.46. The summed E-state index contributed by atoms with van der Waals surface area (Å²) in [6, 6.07) is 8.71. The molecule has 0 aromatic heterocycles. The molecule has 84 valence electrons. The third kappa shape index (κ3) is 14.1. The molecule has 0 aliphatic rings. The zero-order valence-corrected chi connectivity index (χ0v) is 8.31. The van der Waals surface area contributed by atoms with Crippen LogP contribution in [0.1, 0.15) is 0 Å². The number of rotatable bonds is 2. The summed E-state index contributed by atoms with van der Waals surface area (Å²) in [6.45, 7) is -0.0289. The molecular weight excluding hydrogens is 246 g/mol. The Labute approximate surface area is 119 Å². The molecule has 0 heterocycles. The number of hydrogen-bond acceptors (Lipinski definition) is 4. The number of nitrogens with two attached hydrogens (primary N) is 1. The van der Waals surface area contributed by atoms with Gasteiger partial charge < -0.3 is 10.8 Å². The van der Waals surface area contributed by atoms with Crippen LogP contribution in [-0.4, -0.2) is 68.1 Å². The zero-order chi connectivity index (χ0) is 11.0. The number of aromatic hydroxyl groups is 1. The third-order valence-electron chi connectivity index (χ3n) is 1.13. The van der Waals surface area contributed by atoms with Gasteiger partial charge in [0.15, 0.2) is 0 Å². The summed E-state index contributed by atoms with van der Waals surface area (Å²) in [5, 5.41) is 8.63. The third-order valence-corrected chi connectivity index (χ3v) is 1.88. The summed E-state index contributed by atoms with van der Waals surface area (Å²) in [4.78, 5) is 0. The van der Waals surface area contributed by atoms with Crippen LogP contribution in [0.25, 0.3) is 0 Å². The molecule has 0 amide bonds. The molecule has 0 aliphatic carbocycles. The van der Waals surface area contributed by atoms with Crippen LogP contribution in [-0.2, 0) is 10.1 Å². The van der Waals surface area contributed by atoms with E-state index in [1.807, 2.05) is 6.07 Å². The molecule has 0 atom stereocenters. The van der Waals surface area contributed by atoms with Crippen LogP contribution in [0.3, 0.4) is 0 Å². The van der Waals surface area contributed by atoms with E-state index in [1.54, 1.807) is 24.3 Å². The molecular formula is C8H15CaNO4S. The molecule has 0 saturated heterocycles. The maximum atomic E-state index is 9.71. The molecule has 15 heavy (non-hydrogen) atoms. The molecule has 0 spiro atoms. The Morgan fingerprint density at radius 1 is 1.20 bits per heavy atom. The van der Waals surface area contributed by atoms with Crippen LogP contribution in [0.4, 0.5) is 0 Å². The van der Waals surface area contributed by atoms with Gasteiger partial charge in [0.1, 0.15) is 5.75 Å². The van der Waals surface area contributed by atoms with E-state index in [0.29, 0.717) is 5.75 Å². The summed E-state index contributed by atoms with van der Waals surface area (Å²) in [5.74, 6) is -0.0324. The fraction of sp³-hybridized carbons (Fsp3) is 0.250. The molecule has 0 radical (unpaired) electrons. The van der Waals surface area contributed by atoms with Crippen LogP contribution in [0.15, 0.2) is 30.3 Å². The number of para-hydroxylation sites is 1. The zero-order valence-electron chi connectivity index (χ0n) is 7.50. The predicted octanol–water partition coefficient (Wildman–Crippen LogP) is -0.691. The number of phenolic OH excluding ortho intramolecular Hbond substituents is 1. The van der Waals surface area contributed by atoms with Crippen LogP contribution in [0, 0.1) is 0 Å². The Kier molecular flexibility index (Phi) is 11.0. The van der Waals surface area contributed by atoms with Gasteiger partial charge in [-0.3, -0.25) is 4.55 Å². The van der Waals surface area contributed by atoms with Crippen LogP contribution < -0.4 is 5.73 Å². The molecule has 0 aliphatic heterocycles. The van der Waals surface area contributed by atoms with Crippen molar-refractivity contribution in [2.45, 2.75) is 0 Å². The van der Waals surface area contributed by atoms with Crippen molar-refractivity contribution in [1.29, 1.82) is 0 Å². The normalized spacial score (nSPS) is 9.47. The van der Waals surface area contributed by atoms with Gasteiger partial charge in [0.05, 0.1) is 5.75 Å². The van der Waals surface area contributed by atoms with Gasteiger partial charge in [-0.1, -0.05) is 18.2 Å². The first-order chi connectivity index (χ1) is 6.45. The van der Waals surface area contributed by atoms with Crippen LogP contribution in [0.5, 0.6) is 5.75 Å². The first-order valence-electron chi connectivity index (χ1n) is 3.85. The molecule has 4 N–H and O–H groups in total. The van der Waals surface area contributed by atoms with Crippen molar-refractivity contribution in [3.63, 3.8) is 0 Å². The summed E-state index contributed by atoms with van der Waals surface area (Å²) in [5.41, 5.74) is 4.78. The first kappa shape index (κ1) is 17.5. The van der Waals surface area contributed by atoms with Gasteiger partial charge in [-0.2, -0.15) is 8.42 Å². The summed E-state index contributed by atoms with van der Waals surface area (Å²) in [7, 11) is -3.80. The van der Waals surface area contributed by atoms with Gasteiger partial charge in [-0.25, -0.2) is 0 Å². The van der Waals surface area contributed by atoms with E-state index in [1.165, 1.54) is 0 Å². The van der Waals surface area contributed by atoms with E-state index in [4.69, 9.17) is 15.4 Å². The summed E-state index contributed by atoms with van der Waals surface area (Å²) >= 11 is 0. The van der Waals surface area contributed by atoms with Crippen molar-refractivity contribution in [1.82, 2.24) is 0 Å². The van der Waals surface area contributed by atoms with Crippen LogP contribution in [0.2, 0.25) is 0 Å². The summed E-state index contributed by atoms with van der Waals surface area (Å²) < 4.78 is 27.3. The monoisotopic (exact) mass is 261 g/mol. The minimum atomic E-state index is -3.80. The van der Waals surface area contributed by atoms with Crippen molar-refractivity contribution >= 4 is 47.9 Å². The van der Waals surface area contributed by atoms with Gasteiger partial charge in [-0.05, 0) is 12.1 Å². The Hall–Kier alpha value is 0.150. The number of phenols is 1. The average molecular weight is 261 g/mol. The molecule has 1 rings (SSSR count). The van der Waals surface area contributed by atoms with Crippen molar-refractivity contribution in [3.05, 3.63) is 30.3 Å². The molecule has 0 saturated carbocycles. The van der Waals surface area contributed by atoms with E-state index in [0.717, 1.165) is 0 Å². The van der Waals surface area contributed by atoms with Crippen molar-refractivity contribution in [2.75, 3.05) is 12.3 Å². The van der Waals surface area contributed by atoms with E-state index in [-0.39, 0.29) is 50.0 Å². The second-order valence-corrected chi connectivity index (χ2v) is 3.98. The second-order valence-electron chi connectivity index (χ2n) is 2.41. The molecule has 1 aromatic carbocycles. The van der Waals surface area contributed by atoms with Gasteiger partial charge in [-0.15, -0.1) is 0 Å². The van der Waals surface area contributed by atoms with E-state index >= 15 is 0 Å². The molecule has 0 fully saturated rings. The fourth-order valence-electron chi connectivity index (χ4n) is 0.577. The van der Waals surface area contributed by atoms with Crippen molar-refractivity contribution in [3.8, 4) is 5.75 Å². The average Bonchev–Trinajstić information content (AvgIpc) is 2.04. The predicted molar refractivity (Wildman–Crippen MR) is 62.1 cm³/mol. The van der Waals surface area contributed by atoms with Gasteiger partial charge in [0, 0.05) is 6.54 Å². The number of hydrogen-bond donors (Lipinski definition) is 3. The van der Waals surface area contributed by atoms with Crippen molar-refractivity contribution < 1.29 is 18.1 Å². The Morgan fingerprint density at radius 3 is 1.80 bits per heavy atom. The standard InChI is InChI=1S/C6H6O.C2H7NO3S.Ca.2H/c7-6-4-2-1-3-5-6;3-1-2-7(4,5)6;;;/h1-5,7H;1-3H2,(H,4,5,6);;;. The van der Waals surface area contributed by atoms with Gasteiger partial charge in [0.25, 0.3) is 10.1 Å². The molecule has 7 heteroatoms. The molecule has 5 nitrogen and oxygen atoms in total. The fourth-order valence-corrected chi connectivity index (χ4v) is 0.875. The van der Waals surface area contributed by atoms with E-state index < -0.39 is 10.1 Å². The second kappa shape index (κ2) is 9.38. The molecule has 1 aromatic rings. The Bertz CT molecular complexity index is 341. The maximum absolute atomic E-state index is 9.71. The number of benzene rings is 1. The molecule has 0 unspecified atom stereocenters. The van der Waals surface area contributed by atoms with Crippen molar-refractivity contribution in [2.24, 2.45) is 5.73 Å². The van der Waals surface area contributed by atoms with E-state index in [9.17, 15) is 8.42 Å². The Balaban J connectivity index is 0. The summed E-state index contributed by atoms with van der Waals surface area (Å²) in [6.07, 6.45) is 0. The quantitative estimate of drug-likeness (QED) is 0.483. The molecule has 0 bridgehead atoms. The topological polar surface area (TPSA) is 101 Å².